The summed E-state index contributed by atoms with van der Waals surface area (Å²) < 4.78 is 41.6. The lowest BCUT2D eigenvalue weighted by Gasteiger charge is -2.22. The van der Waals surface area contributed by atoms with E-state index in [1.807, 2.05) is 0 Å². The van der Waals surface area contributed by atoms with Crippen LogP contribution in [0.25, 0.3) is 0 Å². The molecule has 0 aromatic carbocycles. The van der Waals surface area contributed by atoms with Crippen molar-refractivity contribution in [2.75, 3.05) is 24.9 Å². The van der Waals surface area contributed by atoms with Crippen LogP contribution in [0.3, 0.4) is 0 Å². The van der Waals surface area contributed by atoms with Crippen molar-refractivity contribution in [3.05, 3.63) is 0 Å². The molecule has 0 fully saturated rings. The molecule has 142 valence electrons. The molecule has 0 aliphatic carbocycles. The smallest absolute Gasteiger partial charge is 0.320 e. The Labute approximate surface area is 155 Å². The van der Waals surface area contributed by atoms with Gasteiger partial charge in [-0.2, -0.15) is 4.21 Å². The van der Waals surface area contributed by atoms with Crippen LogP contribution in [0.15, 0.2) is 5.16 Å². The first-order valence-corrected chi connectivity index (χ1v) is 11.1. The first-order chi connectivity index (χ1) is 10.7. The lowest BCUT2D eigenvalue weighted by molar-refractivity contribution is -0.127. The Morgan fingerprint density at radius 1 is 1.50 bits per heavy atom. The van der Waals surface area contributed by atoms with Gasteiger partial charge in [0.25, 0.3) is 5.91 Å². The van der Waals surface area contributed by atoms with Gasteiger partial charge in [0.05, 0.1) is 18.2 Å². The van der Waals surface area contributed by atoms with Crippen molar-refractivity contribution in [1.82, 2.24) is 8.61 Å². The van der Waals surface area contributed by atoms with Gasteiger partial charge in [-0.25, -0.2) is 17.0 Å². The van der Waals surface area contributed by atoms with E-state index in [1.54, 1.807) is 13.2 Å². The van der Waals surface area contributed by atoms with Gasteiger partial charge in [-0.3, -0.25) is 9.08 Å². The molecule has 0 aromatic rings. The van der Waals surface area contributed by atoms with Gasteiger partial charge in [-0.1, -0.05) is 5.16 Å². The summed E-state index contributed by atoms with van der Waals surface area (Å²) in [4.78, 5) is 12.1. The number of carbonyl (C=O) groups is 1. The number of hydrogen-bond acceptors (Lipinski definition) is 8. The molecule has 1 rings (SSSR count). The summed E-state index contributed by atoms with van der Waals surface area (Å²) in [5, 5.41) is 3.60. The highest BCUT2D eigenvalue weighted by atomic mass is 35.5. The fraction of sp³-hybridized carbons (Fsp3) is 0.818. The molecule has 0 bridgehead atoms. The van der Waals surface area contributed by atoms with Gasteiger partial charge in [-0.15, -0.1) is 24.2 Å². The average Bonchev–Trinajstić information content (AvgIpc) is 2.78. The zero-order chi connectivity index (χ0) is 17.6. The SMILES string of the molecule is CSCN(C(=O)[C@@H](N)CCCCN1C(C)=NOS1=O)S(C)(=O)=O.Cl. The molecule has 24 heavy (non-hydrogen) atoms. The van der Waals surface area contributed by atoms with Gasteiger partial charge in [0, 0.05) is 6.54 Å². The zero-order valence-corrected chi connectivity index (χ0v) is 17.0. The molecule has 0 aromatic heterocycles. The highest BCUT2D eigenvalue weighted by Crippen LogP contribution is 2.13. The van der Waals surface area contributed by atoms with Crippen LogP contribution in [0.2, 0.25) is 0 Å². The maximum absolute atomic E-state index is 12.1. The lowest BCUT2D eigenvalue weighted by Crippen LogP contribution is -2.46. The fourth-order valence-corrected chi connectivity index (χ4v) is 4.57. The number of nitrogens with two attached hydrogens (primary N) is 1. The Balaban J connectivity index is 0.00000529. The summed E-state index contributed by atoms with van der Waals surface area (Å²) in [5.74, 6) is -0.0231. The van der Waals surface area contributed by atoms with E-state index < -0.39 is 33.2 Å². The minimum atomic E-state index is -3.63. The Hall–Kier alpha value is -0.560. The van der Waals surface area contributed by atoms with E-state index >= 15 is 0 Å². The van der Waals surface area contributed by atoms with Crippen LogP contribution in [0, 0.1) is 0 Å². The molecule has 1 aliphatic rings. The highest BCUT2D eigenvalue weighted by Gasteiger charge is 2.28. The third-order valence-corrected chi connectivity index (χ3v) is 5.91. The first kappa shape index (κ1) is 23.4. The van der Waals surface area contributed by atoms with E-state index in [4.69, 9.17) is 5.73 Å². The summed E-state index contributed by atoms with van der Waals surface area (Å²) in [7, 11) is -3.63. The molecule has 1 aliphatic heterocycles. The van der Waals surface area contributed by atoms with Crippen LogP contribution in [-0.2, 0) is 30.4 Å². The zero-order valence-electron chi connectivity index (χ0n) is 13.7. The van der Waals surface area contributed by atoms with Crippen molar-refractivity contribution >= 4 is 57.2 Å². The summed E-state index contributed by atoms with van der Waals surface area (Å²) in [5.41, 5.74) is 5.81. The van der Waals surface area contributed by atoms with Gasteiger partial charge >= 0.3 is 11.3 Å². The van der Waals surface area contributed by atoms with Gasteiger partial charge in [0.15, 0.2) is 5.84 Å². The van der Waals surface area contributed by atoms with Gasteiger partial charge in [0.2, 0.25) is 10.0 Å². The molecule has 1 unspecified atom stereocenters. The van der Waals surface area contributed by atoms with Crippen molar-refractivity contribution < 1.29 is 21.7 Å². The van der Waals surface area contributed by atoms with Gasteiger partial charge < -0.3 is 5.73 Å². The largest absolute Gasteiger partial charge is 0.341 e. The molecule has 13 heteroatoms. The second-order valence-electron chi connectivity index (χ2n) is 5.00. The Morgan fingerprint density at radius 2 is 2.12 bits per heavy atom. The van der Waals surface area contributed by atoms with Crippen LogP contribution in [0.4, 0.5) is 0 Å². The second-order valence-corrected chi connectivity index (χ2v) is 8.77. The maximum atomic E-state index is 12.1. The Morgan fingerprint density at radius 3 is 2.58 bits per heavy atom. The quantitative estimate of drug-likeness (QED) is 0.417. The van der Waals surface area contributed by atoms with Crippen molar-refractivity contribution in [2.45, 2.75) is 32.2 Å². The number of nitrogens with zero attached hydrogens (tertiary/aromatic N) is 3. The molecule has 9 nitrogen and oxygen atoms in total. The molecule has 2 N–H and O–H groups in total. The predicted molar refractivity (Wildman–Crippen MR) is 98.2 cm³/mol. The molecule has 0 radical (unpaired) electrons. The number of amidine groups is 1. The predicted octanol–water partition coefficient (Wildman–Crippen LogP) is 0.259. The van der Waals surface area contributed by atoms with Crippen LogP contribution >= 0.6 is 24.2 Å². The third-order valence-electron chi connectivity index (χ3n) is 3.11. The van der Waals surface area contributed by atoms with Crippen molar-refractivity contribution in [3.63, 3.8) is 0 Å². The number of unbranched alkanes of at least 4 members (excludes halogenated alkanes) is 1. The minimum Gasteiger partial charge on any atom is -0.320 e. The topological polar surface area (TPSA) is 122 Å². The van der Waals surface area contributed by atoms with E-state index in [9.17, 15) is 17.4 Å². The molecule has 1 heterocycles. The number of sulfonamides is 1. The second kappa shape index (κ2) is 10.4. The number of hydrogen-bond donors (Lipinski definition) is 1. The maximum Gasteiger partial charge on any atom is 0.341 e. The third kappa shape index (κ3) is 6.75. The van der Waals surface area contributed by atoms with E-state index in [0.717, 1.165) is 10.6 Å². The summed E-state index contributed by atoms with van der Waals surface area (Å²) in [6, 6.07) is -0.882. The van der Waals surface area contributed by atoms with Crippen molar-refractivity contribution in [3.8, 4) is 0 Å². The Bertz CT molecular complexity index is 586. The molecule has 2 atom stereocenters. The number of rotatable bonds is 9. The molecule has 0 saturated carbocycles. The van der Waals surface area contributed by atoms with Crippen LogP contribution in [0.1, 0.15) is 26.2 Å². The van der Waals surface area contributed by atoms with Crippen molar-refractivity contribution in [1.29, 1.82) is 0 Å². The molecule has 0 saturated heterocycles. The van der Waals surface area contributed by atoms with E-state index in [0.29, 0.717) is 31.6 Å². The molecular weight excluding hydrogens is 400 g/mol. The van der Waals surface area contributed by atoms with E-state index in [2.05, 4.69) is 9.44 Å². The van der Waals surface area contributed by atoms with Crippen molar-refractivity contribution in [2.24, 2.45) is 10.9 Å². The molecule has 0 spiro atoms. The fourth-order valence-electron chi connectivity index (χ4n) is 1.88. The van der Waals surface area contributed by atoms with Crippen LogP contribution < -0.4 is 5.73 Å². The first-order valence-electron chi connectivity index (χ1n) is 6.86. The standard InChI is InChI=1S/C11H22N4O5S3.ClH/c1-9-13-20-22(17)14(9)7-5-4-6-10(12)11(16)15(8-21-2)23(3,18)19;/h10H,4-8,12H2,1-3H3;1H/t10-,22?;/m0./s1. The highest BCUT2D eigenvalue weighted by molar-refractivity contribution is 7.99. The van der Waals surface area contributed by atoms with Crippen LogP contribution in [0.5, 0.6) is 0 Å². The molecule has 1 amide bonds. The van der Waals surface area contributed by atoms with Crippen LogP contribution in [-0.4, -0.2) is 64.0 Å². The molecular formula is C11H23ClN4O5S3. The van der Waals surface area contributed by atoms with Gasteiger partial charge in [-0.05, 0) is 32.4 Å². The summed E-state index contributed by atoms with van der Waals surface area (Å²) >= 11 is -0.364. The Kier molecular flexibility index (Phi) is 10.2. The number of oxime groups is 1. The average molecular weight is 423 g/mol. The van der Waals surface area contributed by atoms with E-state index in [1.165, 1.54) is 16.1 Å². The number of halogens is 1. The number of amides is 1. The number of carbonyl (C=O) groups excluding carboxylic acids is 1. The summed E-state index contributed by atoms with van der Waals surface area (Å²) in [6.45, 7) is 2.15. The lowest BCUT2D eigenvalue weighted by atomic mass is 10.1. The number of thioether (sulfide) groups is 1. The monoisotopic (exact) mass is 422 g/mol. The minimum absolute atomic E-state index is 0. The summed E-state index contributed by atoms with van der Waals surface area (Å²) in [6.07, 6.45) is 4.25. The normalized spacial score (nSPS) is 18.4. The van der Waals surface area contributed by atoms with E-state index in [-0.39, 0.29) is 18.3 Å². The van der Waals surface area contributed by atoms with Gasteiger partial charge in [0.1, 0.15) is 0 Å².